The first kappa shape index (κ1) is 19.9. The summed E-state index contributed by atoms with van der Waals surface area (Å²) >= 11 is 0. The highest BCUT2D eigenvalue weighted by molar-refractivity contribution is 5.82. The largest absolute Gasteiger partial charge is 0.351 e. The van der Waals surface area contributed by atoms with E-state index in [1.807, 2.05) is 26.8 Å². The van der Waals surface area contributed by atoms with Gasteiger partial charge in [0, 0.05) is 26.2 Å². The van der Waals surface area contributed by atoms with Crippen LogP contribution in [0.3, 0.4) is 0 Å². The van der Waals surface area contributed by atoms with E-state index >= 15 is 0 Å². The standard InChI is InChI=1S/C21H35N3O/c1-15-10-16(2)13-24(12-15)14-18-9-7-6-8-17(18)11-23-20(25)19(22)21(3,4)5/h6-9,15-16,19H,10-14,22H2,1-5H3,(H,23,25)/t15?,16?,19-/m1/s1. The monoisotopic (exact) mass is 345 g/mol. The minimum Gasteiger partial charge on any atom is -0.351 e. The van der Waals surface area contributed by atoms with Crippen LogP contribution in [0.2, 0.25) is 0 Å². The highest BCUT2D eigenvalue weighted by Gasteiger charge is 2.27. The summed E-state index contributed by atoms with van der Waals surface area (Å²) in [5.41, 5.74) is 8.31. The molecule has 3 N–H and O–H groups in total. The van der Waals surface area contributed by atoms with E-state index in [1.165, 1.54) is 17.5 Å². The van der Waals surface area contributed by atoms with Gasteiger partial charge in [0.05, 0.1) is 6.04 Å². The van der Waals surface area contributed by atoms with E-state index < -0.39 is 6.04 Å². The SMILES string of the molecule is CC1CC(C)CN(Cc2ccccc2CNC(=O)[C@@H](N)C(C)(C)C)C1. The van der Waals surface area contributed by atoms with Crippen molar-refractivity contribution in [3.63, 3.8) is 0 Å². The Morgan fingerprint density at radius 3 is 2.32 bits per heavy atom. The lowest BCUT2D eigenvalue weighted by Crippen LogP contribution is -2.48. The normalized spacial score (nSPS) is 23.3. The van der Waals surface area contributed by atoms with Gasteiger partial charge >= 0.3 is 0 Å². The van der Waals surface area contributed by atoms with Gasteiger partial charge in [-0.2, -0.15) is 0 Å². The Kier molecular flexibility index (Phi) is 6.64. The molecule has 2 unspecified atom stereocenters. The topological polar surface area (TPSA) is 58.4 Å². The third-order valence-corrected chi connectivity index (χ3v) is 5.13. The van der Waals surface area contributed by atoms with Gasteiger partial charge in [0.2, 0.25) is 5.91 Å². The van der Waals surface area contributed by atoms with Crippen molar-refractivity contribution in [3.05, 3.63) is 35.4 Å². The molecule has 0 saturated carbocycles. The number of rotatable bonds is 5. The summed E-state index contributed by atoms with van der Waals surface area (Å²) in [5, 5.41) is 3.02. The van der Waals surface area contributed by atoms with Crippen molar-refractivity contribution >= 4 is 5.91 Å². The molecule has 0 aromatic heterocycles. The zero-order valence-electron chi connectivity index (χ0n) is 16.5. The molecule has 0 bridgehead atoms. The molecular weight excluding hydrogens is 310 g/mol. The molecule has 1 fully saturated rings. The molecule has 1 aromatic carbocycles. The fourth-order valence-corrected chi connectivity index (χ4v) is 3.73. The Morgan fingerprint density at radius 2 is 1.76 bits per heavy atom. The summed E-state index contributed by atoms with van der Waals surface area (Å²) in [4.78, 5) is 14.8. The van der Waals surface area contributed by atoms with E-state index in [-0.39, 0.29) is 11.3 Å². The smallest absolute Gasteiger partial charge is 0.237 e. The lowest BCUT2D eigenvalue weighted by Gasteiger charge is -2.35. The molecular formula is C21H35N3O. The molecule has 0 aliphatic carbocycles. The summed E-state index contributed by atoms with van der Waals surface area (Å²) in [5.74, 6) is 1.42. The second kappa shape index (κ2) is 8.33. The van der Waals surface area contributed by atoms with Gasteiger partial charge in [-0.1, -0.05) is 58.9 Å². The molecule has 4 nitrogen and oxygen atoms in total. The van der Waals surface area contributed by atoms with Gasteiger partial charge < -0.3 is 11.1 Å². The lowest BCUT2D eigenvalue weighted by molar-refractivity contribution is -0.124. The Balaban J connectivity index is 1.99. The Hall–Kier alpha value is -1.39. The average Bonchev–Trinajstić information content (AvgIpc) is 2.51. The van der Waals surface area contributed by atoms with Crippen molar-refractivity contribution in [3.8, 4) is 0 Å². The van der Waals surface area contributed by atoms with Gasteiger partial charge in [-0.15, -0.1) is 0 Å². The number of benzene rings is 1. The third kappa shape index (κ3) is 5.82. The minimum absolute atomic E-state index is 0.0810. The molecule has 1 aromatic rings. The number of nitrogens with two attached hydrogens (primary N) is 1. The van der Waals surface area contributed by atoms with Crippen LogP contribution in [0, 0.1) is 17.3 Å². The van der Waals surface area contributed by atoms with E-state index in [2.05, 4.69) is 42.3 Å². The molecule has 1 amide bonds. The maximum atomic E-state index is 12.3. The van der Waals surface area contributed by atoms with Crippen LogP contribution in [0.5, 0.6) is 0 Å². The fraction of sp³-hybridized carbons (Fsp3) is 0.667. The van der Waals surface area contributed by atoms with E-state index in [0.29, 0.717) is 6.54 Å². The van der Waals surface area contributed by atoms with Gasteiger partial charge in [-0.05, 0) is 34.8 Å². The van der Waals surface area contributed by atoms with E-state index in [9.17, 15) is 4.79 Å². The van der Waals surface area contributed by atoms with E-state index in [4.69, 9.17) is 5.73 Å². The molecule has 0 radical (unpaired) electrons. The highest BCUT2D eigenvalue weighted by atomic mass is 16.2. The number of piperidine rings is 1. The van der Waals surface area contributed by atoms with Crippen LogP contribution in [0.25, 0.3) is 0 Å². The number of nitrogens with zero attached hydrogens (tertiary/aromatic N) is 1. The van der Waals surface area contributed by atoms with Gasteiger partial charge in [0.25, 0.3) is 0 Å². The zero-order valence-corrected chi connectivity index (χ0v) is 16.5. The average molecular weight is 346 g/mol. The minimum atomic E-state index is -0.497. The summed E-state index contributed by atoms with van der Waals surface area (Å²) in [6.45, 7) is 14.4. The number of carbonyl (C=O) groups excluding carboxylic acids is 1. The molecule has 25 heavy (non-hydrogen) atoms. The zero-order chi connectivity index (χ0) is 18.6. The van der Waals surface area contributed by atoms with Gasteiger partial charge in [0.15, 0.2) is 0 Å². The Bertz CT molecular complexity index is 569. The first-order valence-corrected chi connectivity index (χ1v) is 9.49. The van der Waals surface area contributed by atoms with Crippen molar-refractivity contribution in [2.24, 2.45) is 23.0 Å². The van der Waals surface area contributed by atoms with Crippen LogP contribution in [0.15, 0.2) is 24.3 Å². The quantitative estimate of drug-likeness (QED) is 0.862. The molecule has 140 valence electrons. The van der Waals surface area contributed by atoms with E-state index in [1.54, 1.807) is 0 Å². The number of carbonyl (C=O) groups is 1. The molecule has 1 aliphatic rings. The Labute approximate surface area is 153 Å². The summed E-state index contributed by atoms with van der Waals surface area (Å²) in [7, 11) is 0. The van der Waals surface area contributed by atoms with Crippen LogP contribution < -0.4 is 11.1 Å². The molecule has 1 heterocycles. The van der Waals surface area contributed by atoms with Gasteiger partial charge in [0.1, 0.15) is 0 Å². The molecule has 3 atom stereocenters. The van der Waals surface area contributed by atoms with Crippen LogP contribution in [0.4, 0.5) is 0 Å². The molecule has 2 rings (SSSR count). The number of amides is 1. The fourth-order valence-electron chi connectivity index (χ4n) is 3.73. The number of hydrogen-bond donors (Lipinski definition) is 2. The van der Waals surface area contributed by atoms with Crippen molar-refractivity contribution in [1.29, 1.82) is 0 Å². The number of likely N-dealkylation sites (tertiary alicyclic amines) is 1. The maximum Gasteiger partial charge on any atom is 0.237 e. The maximum absolute atomic E-state index is 12.3. The van der Waals surface area contributed by atoms with E-state index in [0.717, 1.165) is 31.5 Å². The summed E-state index contributed by atoms with van der Waals surface area (Å²) in [6.07, 6.45) is 1.32. The second-order valence-corrected chi connectivity index (χ2v) is 8.97. The van der Waals surface area contributed by atoms with Crippen LogP contribution in [-0.4, -0.2) is 29.9 Å². The molecule has 0 spiro atoms. The second-order valence-electron chi connectivity index (χ2n) is 8.97. The first-order chi connectivity index (χ1) is 11.7. The molecule has 1 saturated heterocycles. The predicted octanol–water partition coefficient (Wildman–Crippen LogP) is 3.15. The van der Waals surface area contributed by atoms with Gasteiger partial charge in [-0.3, -0.25) is 9.69 Å². The first-order valence-electron chi connectivity index (χ1n) is 9.49. The lowest BCUT2D eigenvalue weighted by atomic mass is 9.87. The van der Waals surface area contributed by atoms with Crippen LogP contribution in [-0.2, 0) is 17.9 Å². The molecule has 4 heteroatoms. The number of hydrogen-bond acceptors (Lipinski definition) is 3. The van der Waals surface area contributed by atoms with Crippen LogP contribution in [0.1, 0.15) is 52.2 Å². The van der Waals surface area contributed by atoms with Crippen LogP contribution >= 0.6 is 0 Å². The predicted molar refractivity (Wildman–Crippen MR) is 104 cm³/mol. The highest BCUT2D eigenvalue weighted by Crippen LogP contribution is 2.23. The van der Waals surface area contributed by atoms with Crippen molar-refractivity contribution in [2.75, 3.05) is 13.1 Å². The van der Waals surface area contributed by atoms with Crippen molar-refractivity contribution < 1.29 is 4.79 Å². The van der Waals surface area contributed by atoms with Gasteiger partial charge in [-0.25, -0.2) is 0 Å². The van der Waals surface area contributed by atoms with Crippen molar-refractivity contribution in [1.82, 2.24) is 10.2 Å². The number of nitrogens with one attached hydrogen (secondary N) is 1. The Morgan fingerprint density at radius 1 is 1.20 bits per heavy atom. The summed E-state index contributed by atoms with van der Waals surface area (Å²) in [6, 6.07) is 7.90. The van der Waals surface area contributed by atoms with Crippen molar-refractivity contribution in [2.45, 2.75) is 60.2 Å². The third-order valence-electron chi connectivity index (χ3n) is 5.13. The summed E-state index contributed by atoms with van der Waals surface area (Å²) < 4.78 is 0. The molecule has 1 aliphatic heterocycles.